The molecule has 2 aliphatic rings. The summed E-state index contributed by atoms with van der Waals surface area (Å²) in [6, 6.07) is 8.03. The Morgan fingerprint density at radius 1 is 1.06 bits per heavy atom. The lowest BCUT2D eigenvalue weighted by molar-refractivity contribution is 0.310. The lowest BCUT2D eigenvalue weighted by Crippen LogP contribution is -2.26. The van der Waals surface area contributed by atoms with Crippen molar-refractivity contribution < 1.29 is 8.42 Å². The molecule has 11 heteroatoms. The molecule has 3 aromatic rings. The summed E-state index contributed by atoms with van der Waals surface area (Å²) in [4.78, 5) is 4.75. The number of aromatic nitrogens is 5. The summed E-state index contributed by atoms with van der Waals surface area (Å²) in [7, 11) is -4.07. The van der Waals surface area contributed by atoms with E-state index in [1.807, 2.05) is 24.3 Å². The van der Waals surface area contributed by atoms with Crippen LogP contribution >= 0.6 is 0 Å². The highest BCUT2D eigenvalue weighted by Gasteiger charge is 2.28. The highest BCUT2D eigenvalue weighted by Crippen LogP contribution is 2.38. The lowest BCUT2D eigenvalue weighted by Gasteiger charge is -2.26. The number of primary sulfonamides is 1. The summed E-state index contributed by atoms with van der Waals surface area (Å²) >= 11 is 0. The molecule has 2 aromatic heterocycles. The van der Waals surface area contributed by atoms with Gasteiger partial charge in [-0.2, -0.15) is 5.21 Å². The summed E-state index contributed by atoms with van der Waals surface area (Å²) in [5.74, 6) is 1.11. The van der Waals surface area contributed by atoms with Gasteiger partial charge in [0.15, 0.2) is 0 Å². The monoisotopic (exact) mass is 496 g/mol. The molecule has 0 bridgehead atoms. The maximum Gasteiger partial charge on any atom is 0.239 e. The number of benzene rings is 1. The summed E-state index contributed by atoms with van der Waals surface area (Å²) in [5.41, 5.74) is 9.54. The topological polar surface area (TPSA) is 166 Å². The van der Waals surface area contributed by atoms with Crippen molar-refractivity contribution in [1.29, 1.82) is 0 Å². The maximum absolute atomic E-state index is 12.9. The van der Waals surface area contributed by atoms with Crippen molar-refractivity contribution in [2.45, 2.75) is 61.8 Å². The molecule has 0 radical (unpaired) electrons. The fourth-order valence-electron chi connectivity index (χ4n) is 5.43. The largest absolute Gasteiger partial charge is 0.328 e. The van der Waals surface area contributed by atoms with Crippen molar-refractivity contribution in [3.05, 3.63) is 41.7 Å². The van der Waals surface area contributed by atoms with Crippen LogP contribution in [0.15, 0.2) is 35.4 Å². The zero-order valence-corrected chi connectivity index (χ0v) is 20.5. The van der Waals surface area contributed by atoms with E-state index in [0.717, 1.165) is 62.9 Å². The molecule has 0 amide bonds. The minimum absolute atomic E-state index is 0.0629. The van der Waals surface area contributed by atoms with Gasteiger partial charge >= 0.3 is 0 Å². The molecule has 2 fully saturated rings. The first-order chi connectivity index (χ1) is 16.9. The second kappa shape index (κ2) is 10.1. The Bertz CT molecular complexity index is 1250. The molecular weight excluding hydrogens is 464 g/mol. The molecule has 1 saturated carbocycles. The van der Waals surface area contributed by atoms with Crippen LogP contribution in [0.25, 0.3) is 22.5 Å². The summed E-state index contributed by atoms with van der Waals surface area (Å²) in [6.45, 7) is 1.90. The smallest absolute Gasteiger partial charge is 0.239 e. The molecule has 3 heterocycles. The van der Waals surface area contributed by atoms with Crippen LogP contribution in [-0.2, 0) is 16.4 Å². The second-order valence-electron chi connectivity index (χ2n) is 9.74. The van der Waals surface area contributed by atoms with Crippen LogP contribution in [0.1, 0.15) is 55.7 Å². The van der Waals surface area contributed by atoms with Gasteiger partial charge in [-0.05, 0) is 79.8 Å². The molecule has 1 saturated heterocycles. The van der Waals surface area contributed by atoms with Crippen LogP contribution < -0.4 is 16.2 Å². The van der Waals surface area contributed by atoms with E-state index in [2.05, 4.69) is 30.9 Å². The van der Waals surface area contributed by atoms with Gasteiger partial charge in [0.25, 0.3) is 0 Å². The van der Waals surface area contributed by atoms with Crippen LogP contribution in [0.2, 0.25) is 0 Å². The van der Waals surface area contributed by atoms with Crippen molar-refractivity contribution in [3.8, 4) is 22.5 Å². The standard InChI is InChI=1S/C24H32N8O2S/c25-19-7-2-15(3-8-19)1-4-16-5-9-20(17-6-10-21(28-14-17)18-11-12-27-13-18)22(23(16)35(26,33)34)24-29-31-32-30-24/h5-6,9-10,14-15,18-19,27H,1-4,7-8,11-13,25H2,(H2,26,33,34)(H,29,30,31,32). The average Bonchev–Trinajstić information content (AvgIpc) is 3.57. The molecule has 35 heavy (non-hydrogen) atoms. The van der Waals surface area contributed by atoms with E-state index >= 15 is 0 Å². The number of pyridine rings is 1. The number of H-pyrrole nitrogens is 1. The van der Waals surface area contributed by atoms with Crippen molar-refractivity contribution in [2.75, 3.05) is 13.1 Å². The quantitative estimate of drug-likeness (QED) is 0.386. The van der Waals surface area contributed by atoms with Gasteiger partial charge in [0.2, 0.25) is 15.8 Å². The number of sulfonamides is 1. The van der Waals surface area contributed by atoms with Crippen molar-refractivity contribution in [3.63, 3.8) is 0 Å². The lowest BCUT2D eigenvalue weighted by atomic mass is 9.83. The average molecular weight is 497 g/mol. The molecular formula is C24H32N8O2S. The second-order valence-corrected chi connectivity index (χ2v) is 11.2. The van der Waals surface area contributed by atoms with Crippen LogP contribution in [-0.4, -0.2) is 53.2 Å². The number of nitrogens with zero attached hydrogens (tertiary/aromatic N) is 4. The van der Waals surface area contributed by atoms with E-state index < -0.39 is 10.0 Å². The summed E-state index contributed by atoms with van der Waals surface area (Å²) in [5, 5.41) is 23.5. The third kappa shape index (κ3) is 5.27. The summed E-state index contributed by atoms with van der Waals surface area (Å²) < 4.78 is 25.9. The Morgan fingerprint density at radius 2 is 1.89 bits per heavy atom. The number of rotatable bonds is 7. The van der Waals surface area contributed by atoms with Crippen molar-refractivity contribution in [2.24, 2.45) is 16.8 Å². The third-order valence-electron chi connectivity index (χ3n) is 7.38. The van der Waals surface area contributed by atoms with Gasteiger partial charge in [-0.15, -0.1) is 10.2 Å². The predicted molar refractivity (Wildman–Crippen MR) is 133 cm³/mol. The molecule has 10 nitrogen and oxygen atoms in total. The number of tetrazole rings is 1. The number of hydrogen-bond donors (Lipinski definition) is 4. The Morgan fingerprint density at radius 3 is 2.51 bits per heavy atom. The Labute approximate surface area is 205 Å². The fourth-order valence-corrected chi connectivity index (χ4v) is 6.45. The molecule has 1 aliphatic carbocycles. The zero-order valence-electron chi connectivity index (χ0n) is 19.7. The number of aromatic amines is 1. The van der Waals surface area contributed by atoms with Crippen LogP contribution in [0.5, 0.6) is 0 Å². The number of aryl methyl sites for hydroxylation is 1. The van der Waals surface area contributed by atoms with E-state index in [-0.39, 0.29) is 16.8 Å². The van der Waals surface area contributed by atoms with E-state index in [1.165, 1.54) is 0 Å². The fraction of sp³-hybridized carbons (Fsp3) is 0.500. The number of nitrogens with two attached hydrogens (primary N) is 2. The molecule has 1 atom stereocenters. The molecule has 6 N–H and O–H groups in total. The Hall–Kier alpha value is -2.73. The highest BCUT2D eigenvalue weighted by molar-refractivity contribution is 7.89. The van der Waals surface area contributed by atoms with Crippen LogP contribution in [0, 0.1) is 5.92 Å². The first kappa shape index (κ1) is 24.0. The van der Waals surface area contributed by atoms with Gasteiger partial charge in [0, 0.05) is 36.0 Å². The minimum Gasteiger partial charge on any atom is -0.328 e. The Balaban J connectivity index is 1.54. The predicted octanol–water partition coefficient (Wildman–Crippen LogP) is 2.10. The third-order valence-corrected chi connectivity index (χ3v) is 8.42. The van der Waals surface area contributed by atoms with E-state index in [9.17, 15) is 8.42 Å². The summed E-state index contributed by atoms with van der Waals surface area (Å²) in [6.07, 6.45) is 8.47. The minimum atomic E-state index is -4.07. The number of nitrogens with one attached hydrogen (secondary N) is 2. The normalized spacial score (nSPS) is 23.0. The van der Waals surface area contributed by atoms with Crippen molar-refractivity contribution in [1.82, 2.24) is 30.9 Å². The van der Waals surface area contributed by atoms with Gasteiger partial charge in [-0.3, -0.25) is 4.98 Å². The van der Waals surface area contributed by atoms with E-state index in [0.29, 0.717) is 34.9 Å². The Kier molecular flexibility index (Phi) is 6.92. The molecule has 1 aromatic carbocycles. The highest BCUT2D eigenvalue weighted by atomic mass is 32.2. The van der Waals surface area contributed by atoms with Crippen LogP contribution in [0.4, 0.5) is 0 Å². The zero-order chi connectivity index (χ0) is 24.4. The van der Waals surface area contributed by atoms with Gasteiger partial charge < -0.3 is 11.1 Å². The SMILES string of the molecule is NC1CCC(CCc2ccc(-c3ccc(C4CCNC4)nc3)c(-c3nn[nH]n3)c2S(N)(=O)=O)CC1. The molecule has 186 valence electrons. The molecule has 5 rings (SSSR count). The van der Waals surface area contributed by atoms with Gasteiger partial charge in [-0.25, -0.2) is 13.6 Å². The first-order valence-electron chi connectivity index (χ1n) is 12.2. The molecule has 1 unspecified atom stereocenters. The molecule has 1 aliphatic heterocycles. The van der Waals surface area contributed by atoms with Gasteiger partial charge in [-0.1, -0.05) is 18.2 Å². The van der Waals surface area contributed by atoms with Crippen molar-refractivity contribution >= 4 is 10.0 Å². The van der Waals surface area contributed by atoms with Gasteiger partial charge in [0.05, 0.1) is 10.5 Å². The van der Waals surface area contributed by atoms with E-state index in [4.69, 9.17) is 10.9 Å². The maximum atomic E-state index is 12.9. The first-order valence-corrected chi connectivity index (χ1v) is 13.8. The number of hydrogen-bond acceptors (Lipinski definition) is 8. The molecule has 0 spiro atoms. The van der Waals surface area contributed by atoms with Gasteiger partial charge in [0.1, 0.15) is 0 Å². The van der Waals surface area contributed by atoms with E-state index in [1.54, 1.807) is 6.20 Å². The van der Waals surface area contributed by atoms with Crippen LogP contribution in [0.3, 0.4) is 0 Å².